The summed E-state index contributed by atoms with van der Waals surface area (Å²) in [6.07, 6.45) is 0. The highest BCUT2D eigenvalue weighted by atomic mass is 79.9. The van der Waals surface area contributed by atoms with Crippen molar-refractivity contribution in [3.63, 3.8) is 0 Å². The van der Waals surface area contributed by atoms with Gasteiger partial charge in [-0.25, -0.2) is 0 Å². The van der Waals surface area contributed by atoms with Crippen LogP contribution in [-0.4, -0.2) is 7.11 Å². The average Bonchev–Trinajstić information content (AvgIpc) is 2.44. The molecule has 0 aliphatic rings. The van der Waals surface area contributed by atoms with E-state index in [4.69, 9.17) is 4.74 Å². The average molecular weight is 331 g/mol. The van der Waals surface area contributed by atoms with Gasteiger partial charge in [0.25, 0.3) is 0 Å². The van der Waals surface area contributed by atoms with Gasteiger partial charge in [0.15, 0.2) is 0 Å². The quantitative estimate of drug-likeness (QED) is 0.901. The maximum atomic E-state index is 9.37. The van der Waals surface area contributed by atoms with Crippen LogP contribution >= 0.6 is 15.9 Å². The Morgan fingerprint density at radius 3 is 2.65 bits per heavy atom. The molecule has 0 aliphatic carbocycles. The Balaban J connectivity index is 2.25. The second-order valence-corrected chi connectivity index (χ2v) is 5.36. The lowest BCUT2D eigenvalue weighted by Gasteiger charge is -2.15. The molecule has 2 aromatic carbocycles. The summed E-state index contributed by atoms with van der Waals surface area (Å²) in [7, 11) is 1.64. The SMILES string of the molecule is COc1ccc(C(C#N)Nc2cccc(Br)c2)cc1C. The lowest BCUT2D eigenvalue weighted by atomic mass is 10.0. The van der Waals surface area contributed by atoms with Gasteiger partial charge in [0.05, 0.1) is 13.2 Å². The van der Waals surface area contributed by atoms with E-state index in [2.05, 4.69) is 27.3 Å². The molecule has 0 aliphatic heterocycles. The minimum Gasteiger partial charge on any atom is -0.496 e. The second-order valence-electron chi connectivity index (χ2n) is 4.45. The third-order valence-electron chi connectivity index (χ3n) is 3.02. The maximum absolute atomic E-state index is 9.37. The summed E-state index contributed by atoms with van der Waals surface area (Å²) in [5.41, 5.74) is 2.84. The first-order valence-corrected chi connectivity index (χ1v) is 6.99. The minimum absolute atomic E-state index is 0.395. The standard InChI is InChI=1S/C16H15BrN2O/c1-11-8-12(6-7-16(11)20-2)15(10-18)19-14-5-3-4-13(17)9-14/h3-9,15,19H,1-2H3. The molecule has 20 heavy (non-hydrogen) atoms. The van der Waals surface area contributed by atoms with E-state index in [1.54, 1.807) is 7.11 Å². The Morgan fingerprint density at radius 1 is 1.25 bits per heavy atom. The van der Waals surface area contributed by atoms with Crippen molar-refractivity contribution in [2.24, 2.45) is 0 Å². The smallest absolute Gasteiger partial charge is 0.140 e. The van der Waals surface area contributed by atoms with Crippen LogP contribution in [0.1, 0.15) is 17.2 Å². The maximum Gasteiger partial charge on any atom is 0.140 e. The van der Waals surface area contributed by atoms with Crippen molar-refractivity contribution in [3.05, 3.63) is 58.1 Å². The number of aryl methyl sites for hydroxylation is 1. The number of hydrogen-bond acceptors (Lipinski definition) is 3. The van der Waals surface area contributed by atoms with E-state index in [1.807, 2.05) is 49.4 Å². The van der Waals surface area contributed by atoms with Crippen LogP contribution in [0.5, 0.6) is 5.75 Å². The highest BCUT2D eigenvalue weighted by molar-refractivity contribution is 9.10. The van der Waals surface area contributed by atoms with E-state index in [1.165, 1.54) is 0 Å². The van der Waals surface area contributed by atoms with Gasteiger partial charge < -0.3 is 10.1 Å². The number of benzene rings is 2. The summed E-state index contributed by atoms with van der Waals surface area (Å²) in [5, 5.41) is 12.6. The number of methoxy groups -OCH3 is 1. The summed E-state index contributed by atoms with van der Waals surface area (Å²) < 4.78 is 6.21. The normalized spacial score (nSPS) is 11.5. The monoisotopic (exact) mass is 330 g/mol. The fraction of sp³-hybridized carbons (Fsp3) is 0.188. The molecule has 2 aromatic rings. The van der Waals surface area contributed by atoms with Crippen molar-refractivity contribution in [3.8, 4) is 11.8 Å². The number of ether oxygens (including phenoxy) is 1. The number of hydrogen-bond donors (Lipinski definition) is 1. The first-order chi connectivity index (χ1) is 9.63. The van der Waals surface area contributed by atoms with E-state index in [0.717, 1.165) is 27.0 Å². The zero-order chi connectivity index (χ0) is 14.5. The van der Waals surface area contributed by atoms with Crippen molar-refractivity contribution >= 4 is 21.6 Å². The molecular weight excluding hydrogens is 316 g/mol. The molecule has 102 valence electrons. The van der Waals surface area contributed by atoms with Crippen LogP contribution in [0.15, 0.2) is 46.9 Å². The number of halogens is 1. The molecule has 0 bridgehead atoms. The second kappa shape index (κ2) is 6.44. The third kappa shape index (κ3) is 3.31. The van der Waals surface area contributed by atoms with Gasteiger partial charge in [0.1, 0.15) is 11.8 Å². The molecule has 0 saturated heterocycles. The first kappa shape index (κ1) is 14.4. The molecule has 3 nitrogen and oxygen atoms in total. The Morgan fingerprint density at radius 2 is 2.05 bits per heavy atom. The Labute approximate surface area is 127 Å². The molecule has 2 rings (SSSR count). The molecule has 0 fully saturated rings. The molecule has 0 saturated carbocycles. The minimum atomic E-state index is -0.395. The number of anilines is 1. The van der Waals surface area contributed by atoms with Crippen LogP contribution in [0.25, 0.3) is 0 Å². The molecule has 0 aromatic heterocycles. The van der Waals surface area contributed by atoms with Gasteiger partial charge in [0.2, 0.25) is 0 Å². The van der Waals surface area contributed by atoms with E-state index in [0.29, 0.717) is 0 Å². The fourth-order valence-electron chi connectivity index (χ4n) is 2.02. The van der Waals surface area contributed by atoms with Gasteiger partial charge in [-0.15, -0.1) is 0 Å². The Kier molecular flexibility index (Phi) is 4.65. The van der Waals surface area contributed by atoms with E-state index >= 15 is 0 Å². The van der Waals surface area contributed by atoms with Crippen molar-refractivity contribution in [2.75, 3.05) is 12.4 Å². The zero-order valence-electron chi connectivity index (χ0n) is 11.4. The van der Waals surface area contributed by atoms with Crippen LogP contribution in [0.2, 0.25) is 0 Å². The van der Waals surface area contributed by atoms with Crippen LogP contribution in [-0.2, 0) is 0 Å². The highest BCUT2D eigenvalue weighted by Crippen LogP contribution is 2.25. The first-order valence-electron chi connectivity index (χ1n) is 6.20. The van der Waals surface area contributed by atoms with Crippen molar-refractivity contribution in [2.45, 2.75) is 13.0 Å². The zero-order valence-corrected chi connectivity index (χ0v) is 12.9. The number of nitrogens with zero attached hydrogens (tertiary/aromatic N) is 1. The van der Waals surface area contributed by atoms with E-state index in [-0.39, 0.29) is 0 Å². The predicted octanol–water partition coefficient (Wildman–Crippen LogP) is 4.44. The van der Waals surface area contributed by atoms with Crippen molar-refractivity contribution in [1.82, 2.24) is 0 Å². The van der Waals surface area contributed by atoms with Crippen molar-refractivity contribution < 1.29 is 4.74 Å². The largest absolute Gasteiger partial charge is 0.496 e. The third-order valence-corrected chi connectivity index (χ3v) is 3.51. The van der Waals surface area contributed by atoms with Gasteiger partial charge in [-0.2, -0.15) is 5.26 Å². The number of rotatable bonds is 4. The lowest BCUT2D eigenvalue weighted by Crippen LogP contribution is -2.08. The lowest BCUT2D eigenvalue weighted by molar-refractivity contribution is 0.411. The number of nitrogens with one attached hydrogen (secondary N) is 1. The number of nitriles is 1. The van der Waals surface area contributed by atoms with Crippen LogP contribution in [0.4, 0.5) is 5.69 Å². The molecule has 4 heteroatoms. The molecule has 0 amide bonds. The molecule has 1 N–H and O–H groups in total. The van der Waals surface area contributed by atoms with Gasteiger partial charge in [-0.05, 0) is 48.4 Å². The summed E-state index contributed by atoms with van der Waals surface area (Å²) >= 11 is 3.42. The molecule has 0 radical (unpaired) electrons. The van der Waals surface area contributed by atoms with Crippen LogP contribution in [0.3, 0.4) is 0 Å². The summed E-state index contributed by atoms with van der Waals surface area (Å²) in [5.74, 6) is 0.827. The van der Waals surface area contributed by atoms with Crippen molar-refractivity contribution in [1.29, 1.82) is 5.26 Å². The molecule has 1 unspecified atom stereocenters. The van der Waals surface area contributed by atoms with E-state index in [9.17, 15) is 5.26 Å². The van der Waals surface area contributed by atoms with E-state index < -0.39 is 6.04 Å². The topological polar surface area (TPSA) is 45.0 Å². The van der Waals surface area contributed by atoms with Gasteiger partial charge in [0, 0.05) is 10.2 Å². The predicted molar refractivity (Wildman–Crippen MR) is 83.8 cm³/mol. The van der Waals surface area contributed by atoms with Crippen LogP contribution in [0, 0.1) is 18.3 Å². The summed E-state index contributed by atoms with van der Waals surface area (Å²) in [4.78, 5) is 0. The van der Waals surface area contributed by atoms with Gasteiger partial charge in [-0.3, -0.25) is 0 Å². The van der Waals surface area contributed by atoms with Gasteiger partial charge >= 0.3 is 0 Å². The molecule has 0 spiro atoms. The molecule has 1 atom stereocenters. The molecular formula is C16H15BrN2O. The molecule has 0 heterocycles. The summed E-state index contributed by atoms with van der Waals surface area (Å²) in [6, 6.07) is 15.4. The van der Waals surface area contributed by atoms with Gasteiger partial charge in [-0.1, -0.05) is 28.1 Å². The fourth-order valence-corrected chi connectivity index (χ4v) is 2.42. The summed E-state index contributed by atoms with van der Waals surface area (Å²) in [6.45, 7) is 1.97. The Hall–Kier alpha value is -1.99. The highest BCUT2D eigenvalue weighted by Gasteiger charge is 2.12. The Bertz CT molecular complexity index is 649. The van der Waals surface area contributed by atoms with Crippen LogP contribution < -0.4 is 10.1 Å².